The first kappa shape index (κ1) is 24.8. The maximum Gasteiger partial charge on any atom is 0.261 e. The third-order valence-electron chi connectivity index (χ3n) is 4.36. The quantitative estimate of drug-likeness (QED) is 0.429. The number of hydrogen-bond donors (Lipinski definition) is 1. The van der Waals surface area contributed by atoms with Crippen LogP contribution < -0.4 is 10.1 Å². The fourth-order valence-corrected chi connectivity index (χ4v) is 3.31. The van der Waals surface area contributed by atoms with Crippen molar-refractivity contribution in [1.82, 2.24) is 10.2 Å². The minimum absolute atomic E-state index is 0.177. The Morgan fingerprint density at radius 1 is 1.07 bits per heavy atom. The summed E-state index contributed by atoms with van der Waals surface area (Å²) < 4.78 is 6.71. The summed E-state index contributed by atoms with van der Waals surface area (Å²) in [6.07, 6.45) is 0. The van der Waals surface area contributed by atoms with Crippen molar-refractivity contribution in [1.29, 1.82) is 0 Å². The van der Waals surface area contributed by atoms with Gasteiger partial charge in [-0.2, -0.15) is 0 Å². The summed E-state index contributed by atoms with van der Waals surface area (Å²) in [5.74, 6) is 0.387. The highest BCUT2D eigenvalue weighted by molar-refractivity contribution is 14.1. The lowest BCUT2D eigenvalue weighted by atomic mass is 10.1. The van der Waals surface area contributed by atoms with Crippen molar-refractivity contribution in [2.75, 3.05) is 13.2 Å². The van der Waals surface area contributed by atoms with E-state index >= 15 is 0 Å². The Morgan fingerprint density at radius 3 is 2.33 bits per heavy atom. The van der Waals surface area contributed by atoms with Gasteiger partial charge in [0.1, 0.15) is 11.8 Å². The van der Waals surface area contributed by atoms with E-state index in [-0.39, 0.29) is 25.0 Å². The van der Waals surface area contributed by atoms with E-state index in [0.717, 1.165) is 9.13 Å². The van der Waals surface area contributed by atoms with E-state index in [1.54, 1.807) is 37.3 Å². The maximum atomic E-state index is 13.0. The van der Waals surface area contributed by atoms with E-state index in [0.29, 0.717) is 28.3 Å². The van der Waals surface area contributed by atoms with Gasteiger partial charge in [-0.25, -0.2) is 0 Å². The molecule has 5 nitrogen and oxygen atoms in total. The number of rotatable bonds is 9. The van der Waals surface area contributed by atoms with Gasteiger partial charge in [0.15, 0.2) is 6.61 Å². The molecule has 1 N–H and O–H groups in total. The van der Waals surface area contributed by atoms with Crippen LogP contribution in [-0.2, 0) is 16.1 Å². The SMILES string of the molecule is CC(C)CNC(=O)C(C)N(Cc1ccc(Cl)c(Cl)c1)C(=O)COc1ccc(I)cc1. The van der Waals surface area contributed by atoms with Crippen molar-refractivity contribution in [3.8, 4) is 5.75 Å². The summed E-state index contributed by atoms with van der Waals surface area (Å²) in [5, 5.41) is 3.71. The average molecular weight is 563 g/mol. The zero-order valence-corrected chi connectivity index (χ0v) is 20.8. The van der Waals surface area contributed by atoms with Crippen LogP contribution in [0.5, 0.6) is 5.75 Å². The van der Waals surface area contributed by atoms with Crippen molar-refractivity contribution >= 4 is 57.6 Å². The number of halogens is 3. The molecule has 1 atom stereocenters. The number of carbonyl (C=O) groups excluding carboxylic acids is 2. The molecule has 2 aromatic carbocycles. The Balaban J connectivity index is 2.15. The van der Waals surface area contributed by atoms with E-state index in [2.05, 4.69) is 27.9 Å². The molecule has 0 heterocycles. The molecule has 0 aliphatic carbocycles. The Labute approximate surface area is 201 Å². The van der Waals surface area contributed by atoms with Gasteiger partial charge in [-0.1, -0.05) is 43.1 Å². The molecular formula is C22H25Cl2IN2O3. The van der Waals surface area contributed by atoms with Crippen LogP contribution >= 0.6 is 45.8 Å². The van der Waals surface area contributed by atoms with Gasteiger partial charge in [-0.05, 0) is 77.4 Å². The summed E-state index contributed by atoms with van der Waals surface area (Å²) >= 11 is 14.3. The number of amides is 2. The van der Waals surface area contributed by atoms with Gasteiger partial charge >= 0.3 is 0 Å². The second-order valence-corrected chi connectivity index (χ2v) is 9.39. The predicted octanol–water partition coefficient (Wildman–Crippen LogP) is 5.17. The topological polar surface area (TPSA) is 58.6 Å². The number of carbonyl (C=O) groups is 2. The van der Waals surface area contributed by atoms with Crippen molar-refractivity contribution < 1.29 is 14.3 Å². The molecule has 0 aliphatic rings. The molecule has 2 amide bonds. The minimum atomic E-state index is -0.675. The number of nitrogens with zero attached hydrogens (tertiary/aromatic N) is 1. The zero-order chi connectivity index (χ0) is 22.3. The molecule has 30 heavy (non-hydrogen) atoms. The smallest absolute Gasteiger partial charge is 0.261 e. The van der Waals surface area contributed by atoms with Gasteiger partial charge in [-0.15, -0.1) is 0 Å². The monoisotopic (exact) mass is 562 g/mol. The second-order valence-electron chi connectivity index (χ2n) is 7.33. The largest absolute Gasteiger partial charge is 0.484 e. The Kier molecular flexibility index (Phi) is 9.71. The lowest BCUT2D eigenvalue weighted by Gasteiger charge is -2.29. The number of ether oxygens (including phenoxy) is 1. The molecule has 8 heteroatoms. The minimum Gasteiger partial charge on any atom is -0.484 e. The van der Waals surface area contributed by atoms with Gasteiger partial charge in [0.2, 0.25) is 5.91 Å². The van der Waals surface area contributed by atoms with Crippen LogP contribution in [0.25, 0.3) is 0 Å². The van der Waals surface area contributed by atoms with Crippen molar-refractivity contribution in [2.24, 2.45) is 5.92 Å². The first-order chi connectivity index (χ1) is 14.2. The van der Waals surface area contributed by atoms with Gasteiger partial charge in [-0.3, -0.25) is 9.59 Å². The molecule has 0 saturated carbocycles. The van der Waals surface area contributed by atoms with Gasteiger partial charge in [0, 0.05) is 16.7 Å². The van der Waals surface area contributed by atoms with E-state index in [1.165, 1.54) is 4.90 Å². The standard InChI is InChI=1S/C22H25Cl2IN2O3/c1-14(2)11-26-22(29)15(3)27(12-16-4-9-19(23)20(24)10-16)21(28)13-30-18-7-5-17(25)6-8-18/h4-10,14-15H,11-13H2,1-3H3,(H,26,29). The van der Waals surface area contributed by atoms with Gasteiger partial charge < -0.3 is 15.0 Å². The lowest BCUT2D eigenvalue weighted by molar-refractivity contribution is -0.142. The van der Waals surface area contributed by atoms with Crippen LogP contribution in [0.4, 0.5) is 0 Å². The fraction of sp³-hybridized carbons (Fsp3) is 0.364. The second kappa shape index (κ2) is 11.8. The van der Waals surface area contributed by atoms with Crippen LogP contribution in [0, 0.1) is 9.49 Å². The summed E-state index contributed by atoms with van der Waals surface area (Å²) in [6.45, 7) is 6.30. The van der Waals surface area contributed by atoms with E-state index in [9.17, 15) is 9.59 Å². The molecule has 0 aliphatic heterocycles. The summed E-state index contributed by atoms with van der Waals surface area (Å²) in [4.78, 5) is 27.1. The molecular weight excluding hydrogens is 538 g/mol. The predicted molar refractivity (Wildman–Crippen MR) is 129 cm³/mol. The Hall–Kier alpha value is -1.51. The van der Waals surface area contributed by atoms with Crippen molar-refractivity contribution in [2.45, 2.75) is 33.4 Å². The third kappa shape index (κ3) is 7.63. The number of benzene rings is 2. The maximum absolute atomic E-state index is 13.0. The molecule has 2 aromatic rings. The normalized spacial score (nSPS) is 11.8. The highest BCUT2D eigenvalue weighted by atomic mass is 127. The first-order valence-electron chi connectivity index (χ1n) is 9.57. The molecule has 0 radical (unpaired) electrons. The first-order valence-corrected chi connectivity index (χ1v) is 11.4. The third-order valence-corrected chi connectivity index (χ3v) is 5.82. The molecule has 0 aromatic heterocycles. The molecule has 0 fully saturated rings. The molecule has 0 spiro atoms. The molecule has 2 rings (SSSR count). The summed E-state index contributed by atoms with van der Waals surface area (Å²) in [6, 6.07) is 11.9. The Morgan fingerprint density at radius 2 is 1.73 bits per heavy atom. The number of nitrogens with one attached hydrogen (secondary N) is 1. The summed E-state index contributed by atoms with van der Waals surface area (Å²) in [5.41, 5.74) is 0.774. The van der Waals surface area contributed by atoms with E-state index < -0.39 is 6.04 Å². The van der Waals surface area contributed by atoms with Crippen LogP contribution in [0.1, 0.15) is 26.3 Å². The zero-order valence-electron chi connectivity index (χ0n) is 17.1. The van der Waals surface area contributed by atoms with Crippen molar-refractivity contribution in [3.05, 3.63) is 61.6 Å². The van der Waals surface area contributed by atoms with E-state index in [1.807, 2.05) is 26.0 Å². The van der Waals surface area contributed by atoms with Crippen LogP contribution in [0.2, 0.25) is 10.0 Å². The van der Waals surface area contributed by atoms with Gasteiger partial charge in [0.25, 0.3) is 5.91 Å². The average Bonchev–Trinajstić information content (AvgIpc) is 2.71. The number of hydrogen-bond acceptors (Lipinski definition) is 3. The van der Waals surface area contributed by atoms with Gasteiger partial charge in [0.05, 0.1) is 10.0 Å². The highest BCUT2D eigenvalue weighted by Crippen LogP contribution is 2.24. The summed E-state index contributed by atoms with van der Waals surface area (Å²) in [7, 11) is 0. The fourth-order valence-electron chi connectivity index (χ4n) is 2.63. The van der Waals surface area contributed by atoms with E-state index in [4.69, 9.17) is 27.9 Å². The molecule has 162 valence electrons. The van der Waals surface area contributed by atoms with Crippen molar-refractivity contribution in [3.63, 3.8) is 0 Å². The Bertz CT molecular complexity index is 875. The lowest BCUT2D eigenvalue weighted by Crippen LogP contribution is -2.49. The van der Waals surface area contributed by atoms with Crippen LogP contribution in [0.3, 0.4) is 0 Å². The molecule has 0 saturated heterocycles. The molecule has 1 unspecified atom stereocenters. The molecule has 0 bridgehead atoms. The van der Waals surface area contributed by atoms with Crippen LogP contribution in [0.15, 0.2) is 42.5 Å². The highest BCUT2D eigenvalue weighted by Gasteiger charge is 2.26. The van der Waals surface area contributed by atoms with Crippen LogP contribution in [-0.4, -0.2) is 35.9 Å².